The second-order valence-electron chi connectivity index (χ2n) is 3.46. The molecule has 19 heavy (non-hydrogen) atoms. The topological polar surface area (TPSA) is 156 Å². The molecule has 1 aromatic heterocycles. The lowest BCUT2D eigenvalue weighted by molar-refractivity contribution is 0.0949. The van der Waals surface area contributed by atoms with Gasteiger partial charge in [-0.25, -0.2) is 4.79 Å². The van der Waals surface area contributed by atoms with Crippen molar-refractivity contribution in [2.24, 2.45) is 16.6 Å². The van der Waals surface area contributed by atoms with E-state index in [9.17, 15) is 9.59 Å². The van der Waals surface area contributed by atoms with Gasteiger partial charge < -0.3 is 27.3 Å². The van der Waals surface area contributed by atoms with E-state index in [1.54, 1.807) is 0 Å². The van der Waals surface area contributed by atoms with Crippen LogP contribution in [-0.4, -0.2) is 41.1 Å². The third-order valence-electron chi connectivity index (χ3n) is 2.11. The summed E-state index contributed by atoms with van der Waals surface area (Å²) in [4.78, 5) is 25.9. The summed E-state index contributed by atoms with van der Waals surface area (Å²) in [5, 5.41) is 16.1. The molecule has 0 atom stereocenters. The fraction of sp³-hybridized carbons (Fsp3) is 0.200. The normalized spacial score (nSPS) is 10.8. The summed E-state index contributed by atoms with van der Waals surface area (Å²) in [6.07, 6.45) is 1.31. The predicted molar refractivity (Wildman–Crippen MR) is 66.7 cm³/mol. The number of carbonyl (C=O) groups is 2. The fourth-order valence-corrected chi connectivity index (χ4v) is 1.19. The first-order valence-corrected chi connectivity index (χ1v) is 5.30. The van der Waals surface area contributed by atoms with Crippen molar-refractivity contribution in [1.29, 1.82) is 0 Å². The van der Waals surface area contributed by atoms with E-state index in [2.05, 4.69) is 20.8 Å². The summed E-state index contributed by atoms with van der Waals surface area (Å²) < 4.78 is 0. The second-order valence-corrected chi connectivity index (χ2v) is 3.46. The molecular formula is C10H14N6O3. The van der Waals surface area contributed by atoms with Gasteiger partial charge in [0.25, 0.3) is 5.91 Å². The van der Waals surface area contributed by atoms with Gasteiger partial charge in [-0.1, -0.05) is 5.16 Å². The van der Waals surface area contributed by atoms with Crippen molar-refractivity contribution in [3.63, 3.8) is 0 Å². The first-order valence-electron chi connectivity index (χ1n) is 5.30. The van der Waals surface area contributed by atoms with E-state index in [0.717, 1.165) is 0 Å². The Bertz CT molecular complexity index is 485. The van der Waals surface area contributed by atoms with Crippen LogP contribution in [0.1, 0.15) is 16.1 Å². The lowest BCUT2D eigenvalue weighted by atomic mass is 10.2. The predicted octanol–water partition coefficient (Wildman–Crippen LogP) is -1.43. The molecule has 7 N–H and O–H groups in total. The number of amides is 3. The molecule has 0 fully saturated rings. The maximum Gasteiger partial charge on any atom is 0.312 e. The first kappa shape index (κ1) is 14.2. The number of aromatic nitrogens is 1. The number of hydrogen-bond donors (Lipinski definition) is 5. The van der Waals surface area contributed by atoms with E-state index in [4.69, 9.17) is 16.7 Å². The summed E-state index contributed by atoms with van der Waals surface area (Å²) in [5.41, 5.74) is 10.8. The molecule has 1 rings (SSSR count). The number of urea groups is 1. The minimum absolute atomic E-state index is 0.0925. The van der Waals surface area contributed by atoms with E-state index in [1.165, 1.54) is 18.3 Å². The van der Waals surface area contributed by atoms with E-state index >= 15 is 0 Å². The zero-order valence-corrected chi connectivity index (χ0v) is 9.96. The third kappa shape index (κ3) is 4.50. The van der Waals surface area contributed by atoms with Crippen molar-refractivity contribution in [2.75, 3.05) is 13.1 Å². The average Bonchev–Trinajstić information content (AvgIpc) is 2.42. The second kappa shape index (κ2) is 6.79. The Morgan fingerprint density at radius 2 is 1.95 bits per heavy atom. The van der Waals surface area contributed by atoms with Gasteiger partial charge >= 0.3 is 6.03 Å². The monoisotopic (exact) mass is 266 g/mol. The summed E-state index contributed by atoms with van der Waals surface area (Å²) in [5.74, 6) is -0.498. The molecule has 0 unspecified atom stereocenters. The Balaban J connectivity index is 2.51. The largest absolute Gasteiger partial charge is 0.409 e. The Morgan fingerprint density at radius 1 is 1.26 bits per heavy atom. The van der Waals surface area contributed by atoms with Gasteiger partial charge in [-0.15, -0.1) is 0 Å². The highest BCUT2D eigenvalue weighted by Gasteiger charge is 2.07. The van der Waals surface area contributed by atoms with Crippen LogP contribution in [0, 0.1) is 0 Å². The first-order chi connectivity index (χ1) is 9.04. The maximum absolute atomic E-state index is 11.6. The van der Waals surface area contributed by atoms with Gasteiger partial charge in [0.15, 0.2) is 5.84 Å². The van der Waals surface area contributed by atoms with E-state index < -0.39 is 11.9 Å². The number of oxime groups is 1. The van der Waals surface area contributed by atoms with Gasteiger partial charge in [-0.3, -0.25) is 9.78 Å². The van der Waals surface area contributed by atoms with Crippen molar-refractivity contribution in [2.45, 2.75) is 0 Å². The van der Waals surface area contributed by atoms with Crippen molar-refractivity contribution in [1.82, 2.24) is 15.6 Å². The van der Waals surface area contributed by atoms with Crippen molar-refractivity contribution >= 4 is 17.8 Å². The highest BCUT2D eigenvalue weighted by atomic mass is 16.4. The highest BCUT2D eigenvalue weighted by molar-refractivity contribution is 5.98. The minimum Gasteiger partial charge on any atom is -0.409 e. The molecule has 0 aliphatic heterocycles. The van der Waals surface area contributed by atoms with Gasteiger partial charge in [-0.2, -0.15) is 0 Å². The third-order valence-corrected chi connectivity index (χ3v) is 2.11. The molecule has 0 aliphatic carbocycles. The van der Waals surface area contributed by atoms with Crippen LogP contribution >= 0.6 is 0 Å². The van der Waals surface area contributed by atoms with Gasteiger partial charge in [0, 0.05) is 24.8 Å². The van der Waals surface area contributed by atoms with Crippen LogP contribution in [0.15, 0.2) is 23.5 Å². The number of amidine groups is 1. The Morgan fingerprint density at radius 3 is 2.47 bits per heavy atom. The molecule has 9 heteroatoms. The van der Waals surface area contributed by atoms with Crippen LogP contribution in [0.25, 0.3) is 0 Å². The van der Waals surface area contributed by atoms with Crippen LogP contribution in [-0.2, 0) is 0 Å². The van der Waals surface area contributed by atoms with E-state index in [1.807, 2.05) is 0 Å². The number of primary amides is 1. The maximum atomic E-state index is 11.6. The van der Waals surface area contributed by atoms with Crippen LogP contribution in [0.2, 0.25) is 0 Å². The molecule has 9 nitrogen and oxygen atoms in total. The number of carbonyl (C=O) groups excluding carboxylic acids is 2. The molecule has 0 spiro atoms. The summed E-state index contributed by atoms with van der Waals surface area (Å²) >= 11 is 0. The number of rotatable bonds is 5. The summed E-state index contributed by atoms with van der Waals surface area (Å²) in [7, 11) is 0. The molecule has 1 heterocycles. The standard InChI is InChI=1S/C10H14N6O3/c11-8(16-19)6-1-2-7(15-5-6)9(17)13-3-4-14-10(12)18/h1-2,5,19H,3-4H2,(H2,11,16)(H,13,17)(H3,12,14,18). The van der Waals surface area contributed by atoms with Crippen molar-refractivity contribution < 1.29 is 14.8 Å². The number of nitrogens with two attached hydrogens (primary N) is 2. The summed E-state index contributed by atoms with van der Waals surface area (Å²) in [6.45, 7) is 0.453. The Labute approximate surface area is 108 Å². The highest BCUT2D eigenvalue weighted by Crippen LogP contribution is 1.99. The fourth-order valence-electron chi connectivity index (χ4n) is 1.19. The number of nitrogens with one attached hydrogen (secondary N) is 2. The van der Waals surface area contributed by atoms with Gasteiger partial charge in [0.2, 0.25) is 0 Å². The molecule has 0 aliphatic rings. The van der Waals surface area contributed by atoms with Gasteiger partial charge in [-0.05, 0) is 12.1 Å². The molecule has 0 saturated carbocycles. The van der Waals surface area contributed by atoms with E-state index in [-0.39, 0.29) is 24.6 Å². The van der Waals surface area contributed by atoms with Crippen LogP contribution < -0.4 is 22.1 Å². The number of pyridine rings is 1. The van der Waals surface area contributed by atoms with E-state index in [0.29, 0.717) is 5.56 Å². The molecule has 102 valence electrons. The van der Waals surface area contributed by atoms with Gasteiger partial charge in [0.1, 0.15) is 5.69 Å². The lowest BCUT2D eigenvalue weighted by Crippen LogP contribution is -2.37. The zero-order valence-electron chi connectivity index (χ0n) is 9.96. The molecular weight excluding hydrogens is 252 g/mol. The quantitative estimate of drug-likeness (QED) is 0.145. The molecule has 0 bridgehead atoms. The number of nitrogens with zero attached hydrogens (tertiary/aromatic N) is 2. The van der Waals surface area contributed by atoms with Crippen LogP contribution in [0.3, 0.4) is 0 Å². The zero-order chi connectivity index (χ0) is 14.3. The molecule has 0 aromatic carbocycles. The van der Waals surface area contributed by atoms with Crippen LogP contribution in [0.4, 0.5) is 4.79 Å². The smallest absolute Gasteiger partial charge is 0.312 e. The van der Waals surface area contributed by atoms with Crippen LogP contribution in [0.5, 0.6) is 0 Å². The molecule has 1 aromatic rings. The lowest BCUT2D eigenvalue weighted by Gasteiger charge is -2.05. The van der Waals surface area contributed by atoms with Crippen molar-refractivity contribution in [3.05, 3.63) is 29.6 Å². The van der Waals surface area contributed by atoms with Gasteiger partial charge in [0.05, 0.1) is 0 Å². The molecule has 0 saturated heterocycles. The Hall–Kier alpha value is -2.84. The molecule has 3 amide bonds. The minimum atomic E-state index is -0.657. The average molecular weight is 266 g/mol. The summed E-state index contributed by atoms with van der Waals surface area (Å²) in [6, 6.07) is 2.28. The molecule has 0 radical (unpaired) electrons. The SMILES string of the molecule is NC(=O)NCCNC(=O)c1ccc(/C(N)=N/O)cn1. The Kier molecular flexibility index (Phi) is 5.08. The van der Waals surface area contributed by atoms with Crippen molar-refractivity contribution in [3.8, 4) is 0 Å². The number of hydrogen-bond acceptors (Lipinski definition) is 5.